The van der Waals surface area contributed by atoms with Crippen LogP contribution in [0.5, 0.6) is 0 Å². The first-order chi connectivity index (χ1) is 9.13. The molecule has 1 nitrogen and oxygen atoms in total. The average molecular weight is 267 g/mol. The van der Waals surface area contributed by atoms with E-state index in [4.69, 9.17) is 0 Å². The van der Waals surface area contributed by atoms with Gasteiger partial charge in [-0.2, -0.15) is 0 Å². The Morgan fingerprint density at radius 3 is 2.53 bits per heavy atom. The highest BCUT2D eigenvalue weighted by atomic mass is 19.1. The summed E-state index contributed by atoms with van der Waals surface area (Å²) < 4.78 is 28.0. The molecule has 0 amide bonds. The summed E-state index contributed by atoms with van der Waals surface area (Å²) in [6, 6.07) is 4.20. The van der Waals surface area contributed by atoms with Crippen LogP contribution in [0, 0.1) is 23.5 Å². The summed E-state index contributed by atoms with van der Waals surface area (Å²) >= 11 is 0. The maximum absolute atomic E-state index is 14.0. The van der Waals surface area contributed by atoms with E-state index in [0.29, 0.717) is 17.4 Å². The van der Waals surface area contributed by atoms with E-state index in [9.17, 15) is 8.78 Å². The van der Waals surface area contributed by atoms with Crippen LogP contribution in [0.3, 0.4) is 0 Å². The predicted octanol–water partition coefficient (Wildman–Crippen LogP) is 4.09. The Bertz CT molecular complexity index is 397. The number of halogens is 2. The van der Waals surface area contributed by atoms with Crippen LogP contribution >= 0.6 is 0 Å². The summed E-state index contributed by atoms with van der Waals surface area (Å²) in [5, 5.41) is 3.33. The van der Waals surface area contributed by atoms with Gasteiger partial charge in [0.1, 0.15) is 11.6 Å². The summed E-state index contributed by atoms with van der Waals surface area (Å²) in [7, 11) is 0. The minimum Gasteiger partial charge on any atom is -0.317 e. The first-order valence-electron chi connectivity index (χ1n) is 7.28. The van der Waals surface area contributed by atoms with Gasteiger partial charge in [0.15, 0.2) is 0 Å². The van der Waals surface area contributed by atoms with E-state index in [-0.39, 0.29) is 17.6 Å². The van der Waals surface area contributed by atoms with E-state index in [1.165, 1.54) is 18.2 Å². The van der Waals surface area contributed by atoms with Crippen LogP contribution in [0.4, 0.5) is 8.78 Å². The molecule has 3 heteroatoms. The van der Waals surface area contributed by atoms with Crippen molar-refractivity contribution in [3.8, 4) is 0 Å². The quantitative estimate of drug-likeness (QED) is 0.866. The summed E-state index contributed by atoms with van der Waals surface area (Å²) in [6.45, 7) is 5.99. The molecule has 0 heterocycles. The van der Waals surface area contributed by atoms with Gasteiger partial charge in [-0.05, 0) is 55.8 Å². The van der Waals surface area contributed by atoms with Gasteiger partial charge in [-0.3, -0.25) is 0 Å². The van der Waals surface area contributed by atoms with E-state index >= 15 is 0 Å². The molecule has 0 spiro atoms. The molecule has 0 aliphatic heterocycles. The van der Waals surface area contributed by atoms with E-state index in [1.807, 2.05) is 0 Å². The molecule has 106 valence electrons. The lowest BCUT2D eigenvalue weighted by Gasteiger charge is -2.35. The van der Waals surface area contributed by atoms with Gasteiger partial charge in [-0.25, -0.2) is 8.78 Å². The molecule has 0 saturated heterocycles. The molecule has 19 heavy (non-hydrogen) atoms. The van der Waals surface area contributed by atoms with Gasteiger partial charge in [0.25, 0.3) is 0 Å². The van der Waals surface area contributed by atoms with E-state index in [1.54, 1.807) is 0 Å². The molecule has 0 bridgehead atoms. The van der Waals surface area contributed by atoms with Crippen molar-refractivity contribution in [3.63, 3.8) is 0 Å². The molecule has 1 aliphatic rings. The molecule has 0 aromatic heterocycles. The lowest BCUT2D eigenvalue weighted by Crippen LogP contribution is -2.32. The second kappa shape index (κ2) is 6.47. The number of hydrogen-bond donors (Lipinski definition) is 1. The van der Waals surface area contributed by atoms with Gasteiger partial charge >= 0.3 is 0 Å². The Kier molecular flexibility index (Phi) is 4.92. The van der Waals surface area contributed by atoms with Gasteiger partial charge in [0, 0.05) is 5.56 Å². The zero-order valence-electron chi connectivity index (χ0n) is 11.8. The van der Waals surface area contributed by atoms with Gasteiger partial charge in [0.2, 0.25) is 0 Å². The highest BCUT2D eigenvalue weighted by molar-refractivity contribution is 5.25. The van der Waals surface area contributed by atoms with Crippen molar-refractivity contribution in [1.82, 2.24) is 5.32 Å². The van der Waals surface area contributed by atoms with Crippen LogP contribution < -0.4 is 5.32 Å². The first-order valence-corrected chi connectivity index (χ1v) is 7.28. The van der Waals surface area contributed by atoms with Crippen LogP contribution in [0.25, 0.3) is 0 Å². The minimum absolute atomic E-state index is 0.00370. The normalized spacial score (nSPS) is 27.5. The highest BCUT2D eigenvalue weighted by Crippen LogP contribution is 2.41. The fraction of sp³-hybridized carbons (Fsp3) is 0.625. The molecule has 1 fully saturated rings. The van der Waals surface area contributed by atoms with Crippen LogP contribution in [0.2, 0.25) is 0 Å². The lowest BCUT2D eigenvalue weighted by atomic mass is 9.71. The molecular weight excluding hydrogens is 244 g/mol. The van der Waals surface area contributed by atoms with Crippen molar-refractivity contribution in [3.05, 3.63) is 35.4 Å². The highest BCUT2D eigenvalue weighted by Gasteiger charge is 2.32. The van der Waals surface area contributed by atoms with Gasteiger partial charge in [-0.15, -0.1) is 0 Å². The molecular formula is C16H23F2N. The van der Waals surface area contributed by atoms with Crippen LogP contribution in [0.1, 0.15) is 44.6 Å². The third kappa shape index (κ3) is 3.33. The monoisotopic (exact) mass is 267 g/mol. The van der Waals surface area contributed by atoms with Gasteiger partial charge in [-0.1, -0.05) is 26.3 Å². The van der Waals surface area contributed by atoms with Crippen molar-refractivity contribution < 1.29 is 8.78 Å². The number of hydrogen-bond acceptors (Lipinski definition) is 1. The smallest absolute Gasteiger partial charge is 0.129 e. The molecule has 1 saturated carbocycles. The van der Waals surface area contributed by atoms with Crippen molar-refractivity contribution in [2.45, 2.75) is 39.0 Å². The van der Waals surface area contributed by atoms with Crippen molar-refractivity contribution in [2.24, 2.45) is 11.8 Å². The second-order valence-electron chi connectivity index (χ2n) is 5.73. The third-order valence-electron chi connectivity index (χ3n) is 4.28. The lowest BCUT2D eigenvalue weighted by molar-refractivity contribution is 0.234. The summed E-state index contributed by atoms with van der Waals surface area (Å²) in [5.41, 5.74) is 0.303. The van der Waals surface area contributed by atoms with E-state index in [0.717, 1.165) is 32.4 Å². The SMILES string of the molecule is CCNCC1CCC(C)CC1c1c(F)cccc1F. The zero-order chi connectivity index (χ0) is 13.8. The number of benzene rings is 1. The third-order valence-corrected chi connectivity index (χ3v) is 4.28. The number of nitrogens with one attached hydrogen (secondary N) is 1. The Balaban J connectivity index is 2.26. The molecule has 1 aliphatic carbocycles. The first kappa shape index (κ1) is 14.4. The molecule has 1 N–H and O–H groups in total. The van der Waals surface area contributed by atoms with E-state index in [2.05, 4.69) is 19.2 Å². The predicted molar refractivity (Wildman–Crippen MR) is 74.1 cm³/mol. The molecule has 2 rings (SSSR count). The number of rotatable bonds is 4. The van der Waals surface area contributed by atoms with E-state index < -0.39 is 0 Å². The van der Waals surface area contributed by atoms with Crippen molar-refractivity contribution in [2.75, 3.05) is 13.1 Å². The zero-order valence-corrected chi connectivity index (χ0v) is 11.8. The summed E-state index contributed by atoms with van der Waals surface area (Å²) in [4.78, 5) is 0. The molecule has 3 atom stereocenters. The Morgan fingerprint density at radius 1 is 1.21 bits per heavy atom. The van der Waals surface area contributed by atoms with Gasteiger partial charge in [0.05, 0.1) is 0 Å². The van der Waals surface area contributed by atoms with Gasteiger partial charge < -0.3 is 5.32 Å². The summed E-state index contributed by atoms with van der Waals surface area (Å²) in [6.07, 6.45) is 3.09. The van der Waals surface area contributed by atoms with Crippen LogP contribution in [0.15, 0.2) is 18.2 Å². The van der Waals surface area contributed by atoms with Crippen LogP contribution in [-0.2, 0) is 0 Å². The van der Waals surface area contributed by atoms with Crippen molar-refractivity contribution in [1.29, 1.82) is 0 Å². The largest absolute Gasteiger partial charge is 0.317 e. The molecule has 3 unspecified atom stereocenters. The summed E-state index contributed by atoms with van der Waals surface area (Å²) in [5.74, 6) is 0.106. The fourth-order valence-corrected chi connectivity index (χ4v) is 3.24. The fourth-order valence-electron chi connectivity index (χ4n) is 3.24. The maximum Gasteiger partial charge on any atom is 0.129 e. The van der Waals surface area contributed by atoms with Crippen molar-refractivity contribution >= 4 is 0 Å². The second-order valence-corrected chi connectivity index (χ2v) is 5.73. The molecule has 1 aromatic rings. The maximum atomic E-state index is 14.0. The van der Waals surface area contributed by atoms with Crippen LogP contribution in [-0.4, -0.2) is 13.1 Å². The topological polar surface area (TPSA) is 12.0 Å². The molecule has 0 radical (unpaired) electrons. The minimum atomic E-state index is -0.388. The Hall–Kier alpha value is -0.960. The Morgan fingerprint density at radius 2 is 1.89 bits per heavy atom. The standard InChI is InChI=1S/C16H23F2N/c1-3-19-10-12-8-7-11(2)9-13(12)16-14(17)5-4-6-15(16)18/h4-6,11-13,19H,3,7-10H2,1-2H3. The average Bonchev–Trinajstić information content (AvgIpc) is 2.37. The Labute approximate surface area is 114 Å². The molecule has 1 aromatic carbocycles.